The van der Waals surface area contributed by atoms with E-state index in [-0.39, 0.29) is 30.7 Å². The number of rotatable bonds is 6. The van der Waals surface area contributed by atoms with Crippen molar-refractivity contribution in [3.63, 3.8) is 0 Å². The molecular weight excluding hydrogens is 359 g/mol. The second-order valence-corrected chi connectivity index (χ2v) is 6.49. The van der Waals surface area contributed by atoms with E-state index in [4.69, 9.17) is 0 Å². The zero-order valence-electron chi connectivity index (χ0n) is 15.7. The molecule has 0 unspecified atom stereocenters. The van der Waals surface area contributed by atoms with Gasteiger partial charge in [0.05, 0.1) is 0 Å². The van der Waals surface area contributed by atoms with Crippen molar-refractivity contribution < 1.29 is 4.79 Å². The second-order valence-electron chi connectivity index (χ2n) is 6.49. The number of amides is 1. The van der Waals surface area contributed by atoms with E-state index in [0.29, 0.717) is 12.6 Å². The number of hydrogen-bond donors (Lipinski definition) is 1. The number of nitrogens with zero attached hydrogens (tertiary/aromatic N) is 3. The number of nitrogens with one attached hydrogen (secondary N) is 1. The third kappa shape index (κ3) is 6.66. The van der Waals surface area contributed by atoms with Crippen LogP contribution in [0.25, 0.3) is 0 Å². The molecule has 0 aromatic heterocycles. The fourth-order valence-electron chi connectivity index (χ4n) is 2.91. The highest BCUT2D eigenvalue weighted by atomic mass is 35.5. The predicted molar refractivity (Wildman–Crippen MR) is 111 cm³/mol. The Bertz CT molecular complexity index is 502. The lowest BCUT2D eigenvalue weighted by Crippen LogP contribution is -2.48. The topological polar surface area (TPSA) is 38.8 Å². The van der Waals surface area contributed by atoms with Crippen molar-refractivity contribution in [1.29, 1.82) is 0 Å². The van der Waals surface area contributed by atoms with Gasteiger partial charge in [0.2, 0.25) is 0 Å². The van der Waals surface area contributed by atoms with Crippen molar-refractivity contribution >= 4 is 36.4 Å². The van der Waals surface area contributed by atoms with Crippen molar-refractivity contribution in [3.8, 4) is 0 Å². The maximum absolute atomic E-state index is 12.3. The first-order valence-corrected chi connectivity index (χ1v) is 8.52. The van der Waals surface area contributed by atoms with Gasteiger partial charge >= 0.3 is 0 Å². The third-order valence-corrected chi connectivity index (χ3v) is 4.57. The second kappa shape index (κ2) is 11.6. The number of halogens is 2. The zero-order chi connectivity index (χ0) is 16.8. The molecule has 0 atom stereocenters. The van der Waals surface area contributed by atoms with E-state index in [1.54, 1.807) is 4.90 Å². The highest BCUT2D eigenvalue weighted by Gasteiger charge is 2.19. The standard InChI is InChI=1S/C18H30N4O.2ClH/c1-15(2)21-11-13-22(14-12-21)17-7-5-16(6-8-17)18(23)20(4)10-9-19-3;;/h5-8,15,19H,9-14H2,1-4H3;2*1H. The lowest BCUT2D eigenvalue weighted by Gasteiger charge is -2.38. The van der Waals surface area contributed by atoms with Crippen molar-refractivity contribution in [2.75, 3.05) is 58.3 Å². The van der Waals surface area contributed by atoms with Gasteiger partial charge in [-0.3, -0.25) is 9.69 Å². The monoisotopic (exact) mass is 390 g/mol. The first-order chi connectivity index (χ1) is 11.0. The first kappa shape index (κ1) is 24.0. The van der Waals surface area contributed by atoms with E-state index in [1.165, 1.54) is 5.69 Å². The number of hydrogen-bond acceptors (Lipinski definition) is 4. The molecule has 1 aromatic rings. The molecule has 0 aliphatic carbocycles. The fraction of sp³-hybridized carbons (Fsp3) is 0.611. The van der Waals surface area contributed by atoms with Gasteiger partial charge in [0, 0.05) is 63.6 Å². The summed E-state index contributed by atoms with van der Waals surface area (Å²) in [6.07, 6.45) is 0. The molecule has 1 heterocycles. The molecule has 1 fully saturated rings. The minimum Gasteiger partial charge on any atom is -0.369 e. The Morgan fingerprint density at radius 1 is 1.12 bits per heavy atom. The van der Waals surface area contributed by atoms with Crippen molar-refractivity contribution in [1.82, 2.24) is 15.1 Å². The van der Waals surface area contributed by atoms with Crippen LogP contribution < -0.4 is 10.2 Å². The molecule has 1 N–H and O–H groups in total. The predicted octanol–water partition coefficient (Wildman–Crippen LogP) is 2.35. The highest BCUT2D eigenvalue weighted by Crippen LogP contribution is 2.18. The van der Waals surface area contributed by atoms with E-state index in [2.05, 4.69) is 41.1 Å². The Balaban J connectivity index is 0.00000288. The third-order valence-electron chi connectivity index (χ3n) is 4.57. The number of piperazine rings is 1. The number of carbonyl (C=O) groups is 1. The molecule has 5 nitrogen and oxygen atoms in total. The van der Waals surface area contributed by atoms with Crippen LogP contribution in [0.5, 0.6) is 0 Å². The molecule has 0 spiro atoms. The van der Waals surface area contributed by atoms with Crippen LogP contribution >= 0.6 is 24.8 Å². The highest BCUT2D eigenvalue weighted by molar-refractivity contribution is 5.94. The number of anilines is 1. The van der Waals surface area contributed by atoms with Gasteiger partial charge in [0.25, 0.3) is 5.91 Å². The Hall–Kier alpha value is -1.01. The van der Waals surface area contributed by atoms with Crippen LogP contribution in [0, 0.1) is 0 Å². The molecule has 1 aromatic carbocycles. The summed E-state index contributed by atoms with van der Waals surface area (Å²) < 4.78 is 0. The molecule has 0 saturated carbocycles. The summed E-state index contributed by atoms with van der Waals surface area (Å²) in [7, 11) is 3.74. The van der Waals surface area contributed by atoms with Crippen LogP contribution in [0.4, 0.5) is 5.69 Å². The molecule has 144 valence electrons. The van der Waals surface area contributed by atoms with Gasteiger partial charge in [-0.15, -0.1) is 24.8 Å². The lowest BCUT2D eigenvalue weighted by molar-refractivity contribution is 0.0797. The maximum Gasteiger partial charge on any atom is 0.253 e. The lowest BCUT2D eigenvalue weighted by atomic mass is 10.1. The van der Waals surface area contributed by atoms with Gasteiger partial charge in [0.15, 0.2) is 0 Å². The molecule has 2 rings (SSSR count). The Kier molecular flexibility index (Phi) is 11.1. The normalized spacial score (nSPS) is 14.7. The maximum atomic E-state index is 12.3. The fourth-order valence-corrected chi connectivity index (χ4v) is 2.91. The summed E-state index contributed by atoms with van der Waals surface area (Å²) in [5.41, 5.74) is 1.97. The molecular formula is C18H32Cl2N4O. The van der Waals surface area contributed by atoms with E-state index < -0.39 is 0 Å². The van der Waals surface area contributed by atoms with Gasteiger partial charge < -0.3 is 15.1 Å². The van der Waals surface area contributed by atoms with Crippen molar-refractivity contribution in [2.45, 2.75) is 19.9 Å². The molecule has 1 aliphatic rings. The Labute approximate surface area is 164 Å². The van der Waals surface area contributed by atoms with Crippen molar-refractivity contribution in [2.24, 2.45) is 0 Å². The van der Waals surface area contributed by atoms with Gasteiger partial charge in [0.1, 0.15) is 0 Å². The van der Waals surface area contributed by atoms with Gasteiger partial charge in [-0.2, -0.15) is 0 Å². The quantitative estimate of drug-likeness (QED) is 0.808. The SMILES string of the molecule is CNCCN(C)C(=O)c1ccc(N2CCN(C(C)C)CC2)cc1.Cl.Cl. The molecule has 1 aliphatic heterocycles. The zero-order valence-corrected chi connectivity index (χ0v) is 17.3. The minimum absolute atomic E-state index is 0. The molecule has 25 heavy (non-hydrogen) atoms. The van der Waals surface area contributed by atoms with E-state index in [1.807, 2.05) is 26.2 Å². The first-order valence-electron chi connectivity index (χ1n) is 8.52. The Morgan fingerprint density at radius 3 is 2.16 bits per heavy atom. The molecule has 1 amide bonds. The average molecular weight is 391 g/mol. The number of carbonyl (C=O) groups excluding carboxylic acids is 1. The van der Waals surface area contributed by atoms with E-state index >= 15 is 0 Å². The largest absolute Gasteiger partial charge is 0.369 e. The van der Waals surface area contributed by atoms with E-state index in [9.17, 15) is 4.79 Å². The summed E-state index contributed by atoms with van der Waals surface area (Å²) in [4.78, 5) is 19.0. The summed E-state index contributed by atoms with van der Waals surface area (Å²) in [6, 6.07) is 8.66. The molecule has 0 radical (unpaired) electrons. The Morgan fingerprint density at radius 2 is 1.68 bits per heavy atom. The van der Waals surface area contributed by atoms with Crippen LogP contribution in [0.15, 0.2) is 24.3 Å². The van der Waals surface area contributed by atoms with Gasteiger partial charge in [-0.1, -0.05) is 0 Å². The summed E-state index contributed by atoms with van der Waals surface area (Å²) in [5.74, 6) is 0.0800. The van der Waals surface area contributed by atoms with Gasteiger partial charge in [-0.25, -0.2) is 0 Å². The number of benzene rings is 1. The van der Waals surface area contributed by atoms with Gasteiger partial charge in [-0.05, 0) is 45.2 Å². The number of likely N-dealkylation sites (N-methyl/N-ethyl adjacent to an activating group) is 2. The van der Waals surface area contributed by atoms with Crippen molar-refractivity contribution in [3.05, 3.63) is 29.8 Å². The molecule has 0 bridgehead atoms. The molecule has 7 heteroatoms. The summed E-state index contributed by atoms with van der Waals surface area (Å²) in [6.45, 7) is 10.3. The van der Waals surface area contributed by atoms with Crippen LogP contribution in [0.3, 0.4) is 0 Å². The summed E-state index contributed by atoms with van der Waals surface area (Å²) >= 11 is 0. The smallest absolute Gasteiger partial charge is 0.253 e. The van der Waals surface area contributed by atoms with Crippen LogP contribution in [-0.4, -0.2) is 75.1 Å². The van der Waals surface area contributed by atoms with Crippen LogP contribution in [0.2, 0.25) is 0 Å². The van der Waals surface area contributed by atoms with Crippen LogP contribution in [0.1, 0.15) is 24.2 Å². The van der Waals surface area contributed by atoms with Crippen LogP contribution in [-0.2, 0) is 0 Å². The summed E-state index contributed by atoms with van der Waals surface area (Å²) in [5, 5.41) is 3.06. The minimum atomic E-state index is 0. The van der Waals surface area contributed by atoms with E-state index in [0.717, 1.165) is 38.3 Å². The molecule has 1 saturated heterocycles. The average Bonchev–Trinajstić information content (AvgIpc) is 2.59.